The summed E-state index contributed by atoms with van der Waals surface area (Å²) < 4.78 is 11.4. The van der Waals surface area contributed by atoms with E-state index in [0.29, 0.717) is 28.6 Å². The van der Waals surface area contributed by atoms with Crippen LogP contribution in [0.1, 0.15) is 44.9 Å². The van der Waals surface area contributed by atoms with Gasteiger partial charge in [0.25, 0.3) is 11.8 Å². The average Bonchev–Trinajstić information content (AvgIpc) is 2.82. The first-order valence-corrected chi connectivity index (χ1v) is 10.9. The fourth-order valence-electron chi connectivity index (χ4n) is 3.16. The predicted molar refractivity (Wildman–Crippen MR) is 130 cm³/mol. The van der Waals surface area contributed by atoms with Crippen LogP contribution in [-0.2, 0) is 0 Å². The maximum Gasteiger partial charge on any atom is 0.336 e. The molecule has 0 bridgehead atoms. The Hall–Kier alpha value is -4.04. The summed E-state index contributed by atoms with van der Waals surface area (Å²) in [6.07, 6.45) is 0. The lowest BCUT2D eigenvalue weighted by molar-refractivity contribution is 0.0692. The molecule has 0 aliphatic rings. The van der Waals surface area contributed by atoms with Crippen LogP contribution in [-0.4, -0.2) is 36.1 Å². The Bertz CT molecular complexity index is 1210. The zero-order chi connectivity index (χ0) is 24.7. The molecule has 3 N–H and O–H groups in total. The number of carboxylic acids is 1. The van der Waals surface area contributed by atoms with E-state index in [9.17, 15) is 19.5 Å². The molecule has 0 spiro atoms. The highest BCUT2D eigenvalue weighted by Gasteiger charge is 2.20. The van der Waals surface area contributed by atoms with Crippen molar-refractivity contribution in [3.8, 4) is 11.5 Å². The van der Waals surface area contributed by atoms with Crippen LogP contribution in [0.25, 0.3) is 0 Å². The summed E-state index contributed by atoms with van der Waals surface area (Å²) in [5.41, 5.74) is 0.868. The van der Waals surface area contributed by atoms with E-state index in [0.717, 1.165) is 0 Å². The van der Waals surface area contributed by atoms with Crippen molar-refractivity contribution in [3.05, 3.63) is 82.4 Å². The predicted octanol–water partition coefficient (Wildman–Crippen LogP) is 5.34. The fraction of sp³-hybridized carbons (Fsp3) is 0.160. The molecule has 0 saturated heterocycles. The Labute approximate surface area is 201 Å². The minimum atomic E-state index is -1.22. The number of nitrogens with one attached hydrogen (secondary N) is 2. The Kier molecular flexibility index (Phi) is 8.10. The van der Waals surface area contributed by atoms with E-state index in [-0.39, 0.29) is 35.1 Å². The minimum absolute atomic E-state index is 0.00414. The lowest BCUT2D eigenvalue weighted by atomic mass is 10.1. The molecule has 34 heavy (non-hydrogen) atoms. The number of amides is 2. The van der Waals surface area contributed by atoms with Gasteiger partial charge in [0.2, 0.25) is 0 Å². The number of carbonyl (C=O) groups excluding carboxylic acids is 2. The highest BCUT2D eigenvalue weighted by atomic mass is 35.5. The maximum atomic E-state index is 12.9. The molecule has 0 saturated carbocycles. The fourth-order valence-corrected chi connectivity index (χ4v) is 3.28. The summed E-state index contributed by atoms with van der Waals surface area (Å²) in [6, 6.07) is 15.4. The summed E-state index contributed by atoms with van der Waals surface area (Å²) in [7, 11) is 0. The van der Waals surface area contributed by atoms with Gasteiger partial charge < -0.3 is 25.2 Å². The lowest BCUT2D eigenvalue weighted by Crippen LogP contribution is -2.18. The molecular formula is C25H23ClN2O6. The van der Waals surface area contributed by atoms with Crippen LogP contribution >= 0.6 is 11.6 Å². The number of hydrogen-bond donors (Lipinski definition) is 3. The number of halogens is 1. The first kappa shape index (κ1) is 24.6. The van der Waals surface area contributed by atoms with Crippen molar-refractivity contribution in [2.45, 2.75) is 13.8 Å². The van der Waals surface area contributed by atoms with Crippen molar-refractivity contribution in [1.29, 1.82) is 0 Å². The van der Waals surface area contributed by atoms with E-state index in [1.807, 2.05) is 0 Å². The maximum absolute atomic E-state index is 12.9. The molecule has 176 valence electrons. The smallest absolute Gasteiger partial charge is 0.336 e. The molecule has 3 aromatic rings. The molecule has 0 heterocycles. The number of rotatable bonds is 9. The molecule has 0 aliphatic carbocycles. The monoisotopic (exact) mass is 482 g/mol. The molecule has 8 nitrogen and oxygen atoms in total. The van der Waals surface area contributed by atoms with Crippen LogP contribution in [0, 0.1) is 0 Å². The number of anilines is 2. The molecule has 0 atom stereocenters. The van der Waals surface area contributed by atoms with Gasteiger partial charge in [-0.3, -0.25) is 9.59 Å². The van der Waals surface area contributed by atoms with Crippen molar-refractivity contribution < 1.29 is 29.0 Å². The van der Waals surface area contributed by atoms with E-state index in [1.165, 1.54) is 24.3 Å². The van der Waals surface area contributed by atoms with Gasteiger partial charge in [-0.05, 0) is 50.2 Å². The average molecular weight is 483 g/mol. The van der Waals surface area contributed by atoms with Gasteiger partial charge in [-0.1, -0.05) is 23.7 Å². The number of hydrogen-bond acceptors (Lipinski definition) is 5. The normalized spacial score (nSPS) is 10.3. The van der Waals surface area contributed by atoms with E-state index >= 15 is 0 Å². The second-order valence-corrected chi connectivity index (χ2v) is 7.41. The number of carbonyl (C=O) groups is 3. The highest BCUT2D eigenvalue weighted by Crippen LogP contribution is 2.37. The number of ether oxygens (including phenoxy) is 2. The van der Waals surface area contributed by atoms with Crippen LogP contribution < -0.4 is 20.1 Å². The van der Waals surface area contributed by atoms with Crippen LogP contribution in [0.5, 0.6) is 11.5 Å². The van der Waals surface area contributed by atoms with Crippen molar-refractivity contribution in [2.75, 3.05) is 23.8 Å². The van der Waals surface area contributed by atoms with E-state index < -0.39 is 11.9 Å². The molecule has 0 radical (unpaired) electrons. The Balaban J connectivity index is 1.96. The summed E-state index contributed by atoms with van der Waals surface area (Å²) in [5.74, 6) is -1.65. The molecule has 0 aliphatic heterocycles. The zero-order valence-corrected chi connectivity index (χ0v) is 19.3. The molecule has 0 fully saturated rings. The third-order valence-corrected chi connectivity index (χ3v) is 4.94. The van der Waals surface area contributed by atoms with Gasteiger partial charge in [0.05, 0.1) is 35.7 Å². The van der Waals surface area contributed by atoms with Crippen molar-refractivity contribution >= 4 is 40.8 Å². The standard InChI is InChI=1S/C25H23ClN2O6/c1-3-33-21-14-20(28-24(30)17-7-5-6-8-18(17)25(31)32)22(34-4-2)13-19(21)27-23(29)15-9-11-16(26)12-10-15/h5-14H,3-4H2,1-2H3,(H,27,29)(H,28,30)(H,31,32). The van der Waals surface area contributed by atoms with E-state index in [2.05, 4.69) is 10.6 Å². The highest BCUT2D eigenvalue weighted by molar-refractivity contribution is 6.30. The van der Waals surface area contributed by atoms with Crippen LogP contribution in [0.2, 0.25) is 5.02 Å². The van der Waals surface area contributed by atoms with Crippen LogP contribution in [0.3, 0.4) is 0 Å². The van der Waals surface area contributed by atoms with Crippen molar-refractivity contribution in [1.82, 2.24) is 0 Å². The lowest BCUT2D eigenvalue weighted by Gasteiger charge is -2.18. The molecule has 2 amide bonds. The second kappa shape index (κ2) is 11.2. The van der Waals surface area contributed by atoms with E-state index in [4.69, 9.17) is 21.1 Å². The third-order valence-electron chi connectivity index (χ3n) is 4.69. The molecule has 3 aromatic carbocycles. The van der Waals surface area contributed by atoms with Gasteiger partial charge in [-0.25, -0.2) is 4.79 Å². The molecular weight excluding hydrogens is 460 g/mol. The van der Waals surface area contributed by atoms with Gasteiger partial charge in [-0.2, -0.15) is 0 Å². The SMILES string of the molecule is CCOc1cc(NC(=O)c2ccccc2C(=O)O)c(OCC)cc1NC(=O)c1ccc(Cl)cc1. The van der Waals surface area contributed by atoms with Gasteiger partial charge in [0, 0.05) is 22.7 Å². The molecule has 9 heteroatoms. The van der Waals surface area contributed by atoms with Gasteiger partial charge in [0.15, 0.2) is 0 Å². The quantitative estimate of drug-likeness (QED) is 0.379. The number of benzene rings is 3. The number of aromatic carboxylic acids is 1. The zero-order valence-electron chi connectivity index (χ0n) is 18.6. The van der Waals surface area contributed by atoms with Crippen molar-refractivity contribution in [3.63, 3.8) is 0 Å². The van der Waals surface area contributed by atoms with Crippen molar-refractivity contribution in [2.24, 2.45) is 0 Å². The molecule has 3 rings (SSSR count). The Morgan fingerprint density at radius 1 is 0.794 bits per heavy atom. The van der Waals surface area contributed by atoms with Gasteiger partial charge >= 0.3 is 5.97 Å². The van der Waals surface area contributed by atoms with Crippen LogP contribution in [0.15, 0.2) is 60.7 Å². The minimum Gasteiger partial charge on any atom is -0.492 e. The topological polar surface area (TPSA) is 114 Å². The summed E-state index contributed by atoms with van der Waals surface area (Å²) in [6.45, 7) is 4.14. The Morgan fingerprint density at radius 3 is 1.79 bits per heavy atom. The van der Waals surface area contributed by atoms with Gasteiger partial charge in [0.1, 0.15) is 11.5 Å². The second-order valence-electron chi connectivity index (χ2n) is 6.98. The molecule has 0 unspecified atom stereocenters. The third kappa shape index (κ3) is 5.85. The number of carboxylic acid groups (broad SMARTS) is 1. The van der Waals surface area contributed by atoms with E-state index in [1.54, 1.807) is 50.2 Å². The first-order valence-electron chi connectivity index (χ1n) is 10.5. The summed E-state index contributed by atoms with van der Waals surface area (Å²) >= 11 is 5.89. The first-order chi connectivity index (χ1) is 16.3. The van der Waals surface area contributed by atoms with Gasteiger partial charge in [-0.15, -0.1) is 0 Å². The summed E-state index contributed by atoms with van der Waals surface area (Å²) in [5, 5.41) is 15.4. The Morgan fingerprint density at radius 2 is 1.29 bits per heavy atom. The van der Waals surface area contributed by atoms with Crippen LogP contribution in [0.4, 0.5) is 11.4 Å². The molecule has 0 aromatic heterocycles. The summed E-state index contributed by atoms with van der Waals surface area (Å²) in [4.78, 5) is 37.1. The largest absolute Gasteiger partial charge is 0.492 e.